The summed E-state index contributed by atoms with van der Waals surface area (Å²) in [6, 6.07) is 0.555. The first-order valence-electron chi connectivity index (χ1n) is 5.68. The van der Waals surface area contributed by atoms with Crippen LogP contribution in [0.4, 0.5) is 0 Å². The summed E-state index contributed by atoms with van der Waals surface area (Å²) in [6.45, 7) is 1.00. The van der Waals surface area contributed by atoms with Crippen molar-refractivity contribution in [3.05, 3.63) is 0 Å². The maximum absolute atomic E-state index is 11.7. The van der Waals surface area contributed by atoms with Crippen molar-refractivity contribution in [1.82, 2.24) is 4.90 Å². The van der Waals surface area contributed by atoms with Gasteiger partial charge in [-0.1, -0.05) is 0 Å². The maximum atomic E-state index is 11.7. The number of hydrogen-bond donors (Lipinski definition) is 0. The third kappa shape index (κ3) is 1.90. The number of piperidine rings is 1. The number of rotatable bonds is 3. The topological polar surface area (TPSA) is 20.3 Å². The lowest BCUT2D eigenvalue weighted by atomic mass is 9.90. The molecule has 3 heteroatoms. The summed E-state index contributed by atoms with van der Waals surface area (Å²) in [5, 5.41) is 0. The molecule has 2 nitrogen and oxygen atoms in total. The van der Waals surface area contributed by atoms with Crippen LogP contribution in [0.15, 0.2) is 0 Å². The van der Waals surface area contributed by atoms with Gasteiger partial charge >= 0.3 is 0 Å². The fourth-order valence-electron chi connectivity index (χ4n) is 2.87. The molecule has 0 aromatic heterocycles. The summed E-state index contributed by atoms with van der Waals surface area (Å²) in [7, 11) is 0. The first kappa shape index (κ1) is 10.3. The van der Waals surface area contributed by atoms with E-state index in [0.717, 1.165) is 31.7 Å². The summed E-state index contributed by atoms with van der Waals surface area (Å²) in [5.41, 5.74) is 0. The highest BCUT2D eigenvalue weighted by atomic mass is 35.5. The molecule has 0 radical (unpaired) electrons. The van der Waals surface area contributed by atoms with Crippen LogP contribution >= 0.6 is 11.6 Å². The normalized spacial score (nSPS) is 32.1. The summed E-state index contributed by atoms with van der Waals surface area (Å²) in [5.74, 6) is 1.72. The quantitative estimate of drug-likeness (QED) is 0.663. The molecule has 80 valence electrons. The summed E-state index contributed by atoms with van der Waals surface area (Å²) in [6.07, 6.45) is 6.69. The first-order chi connectivity index (χ1) is 6.83. The Morgan fingerprint density at radius 1 is 1.43 bits per heavy atom. The lowest BCUT2D eigenvalue weighted by Gasteiger charge is -2.32. The molecule has 0 N–H and O–H groups in total. The first-order valence-corrected chi connectivity index (χ1v) is 6.22. The van der Waals surface area contributed by atoms with Crippen LogP contribution in [0.2, 0.25) is 0 Å². The number of nitrogens with zero attached hydrogens (tertiary/aromatic N) is 1. The molecule has 2 rings (SSSR count). The molecule has 0 aliphatic carbocycles. The third-order valence-electron chi connectivity index (χ3n) is 3.56. The van der Waals surface area contributed by atoms with Gasteiger partial charge in [-0.15, -0.1) is 11.6 Å². The van der Waals surface area contributed by atoms with Gasteiger partial charge in [0.25, 0.3) is 0 Å². The molecule has 2 heterocycles. The van der Waals surface area contributed by atoms with Crippen LogP contribution in [0.25, 0.3) is 0 Å². The molecule has 1 amide bonds. The van der Waals surface area contributed by atoms with E-state index >= 15 is 0 Å². The van der Waals surface area contributed by atoms with E-state index in [-0.39, 0.29) is 0 Å². The van der Waals surface area contributed by atoms with E-state index in [1.807, 2.05) is 0 Å². The standard InChI is InChI=1S/C11H18ClNO/c12-6-3-4-9-8-11(14)13-7-2-1-5-10(9)13/h9-10H,1-8H2/t9?,10-/m1/s1. The molecule has 2 fully saturated rings. The van der Waals surface area contributed by atoms with E-state index < -0.39 is 0 Å². The average Bonchev–Trinajstić information content (AvgIpc) is 2.54. The molecular weight excluding hydrogens is 198 g/mol. The monoisotopic (exact) mass is 215 g/mol. The molecule has 0 aromatic rings. The lowest BCUT2D eigenvalue weighted by Crippen LogP contribution is -2.39. The molecule has 0 saturated carbocycles. The highest BCUT2D eigenvalue weighted by Gasteiger charge is 2.39. The second kappa shape index (κ2) is 4.52. The predicted molar refractivity (Wildman–Crippen MR) is 57.4 cm³/mol. The van der Waals surface area contributed by atoms with Crippen molar-refractivity contribution in [2.45, 2.75) is 44.6 Å². The van der Waals surface area contributed by atoms with E-state index in [1.165, 1.54) is 19.3 Å². The van der Waals surface area contributed by atoms with Gasteiger partial charge in [0.1, 0.15) is 0 Å². The fourth-order valence-corrected chi connectivity index (χ4v) is 3.02. The number of alkyl halides is 1. The molecule has 2 aliphatic rings. The van der Waals surface area contributed by atoms with E-state index in [1.54, 1.807) is 0 Å². The van der Waals surface area contributed by atoms with Crippen LogP contribution in [-0.4, -0.2) is 29.3 Å². The van der Waals surface area contributed by atoms with Crippen LogP contribution in [0.3, 0.4) is 0 Å². The zero-order valence-electron chi connectivity index (χ0n) is 8.54. The van der Waals surface area contributed by atoms with Crippen molar-refractivity contribution in [3.63, 3.8) is 0 Å². The zero-order valence-corrected chi connectivity index (χ0v) is 9.30. The minimum Gasteiger partial charge on any atom is -0.339 e. The van der Waals surface area contributed by atoms with E-state index in [4.69, 9.17) is 11.6 Å². The third-order valence-corrected chi connectivity index (χ3v) is 3.83. The molecule has 1 unspecified atom stereocenters. The Kier molecular flexibility index (Phi) is 3.32. The van der Waals surface area contributed by atoms with Crippen molar-refractivity contribution >= 4 is 17.5 Å². The Labute approximate surface area is 90.6 Å². The molecule has 0 aromatic carbocycles. The van der Waals surface area contributed by atoms with Crippen molar-refractivity contribution in [1.29, 1.82) is 0 Å². The van der Waals surface area contributed by atoms with Gasteiger partial charge in [0.2, 0.25) is 5.91 Å². The van der Waals surface area contributed by atoms with E-state index in [2.05, 4.69) is 4.90 Å². The van der Waals surface area contributed by atoms with Gasteiger partial charge in [0.05, 0.1) is 0 Å². The van der Waals surface area contributed by atoms with Crippen molar-refractivity contribution < 1.29 is 4.79 Å². The number of fused-ring (bicyclic) bond motifs is 1. The van der Waals surface area contributed by atoms with Crippen molar-refractivity contribution in [2.75, 3.05) is 12.4 Å². The Bertz CT molecular complexity index is 219. The molecule has 0 spiro atoms. The number of carbonyl (C=O) groups excluding carboxylic acids is 1. The molecule has 2 saturated heterocycles. The largest absolute Gasteiger partial charge is 0.339 e. The van der Waals surface area contributed by atoms with Gasteiger partial charge in [-0.2, -0.15) is 0 Å². The Morgan fingerprint density at radius 3 is 3.07 bits per heavy atom. The van der Waals surface area contributed by atoms with Gasteiger partial charge in [0.15, 0.2) is 0 Å². The molecule has 0 bridgehead atoms. The average molecular weight is 216 g/mol. The van der Waals surface area contributed by atoms with Crippen LogP contribution in [0, 0.1) is 5.92 Å². The maximum Gasteiger partial charge on any atom is 0.223 e. The van der Waals surface area contributed by atoms with Crippen LogP contribution in [0.5, 0.6) is 0 Å². The second-order valence-corrected chi connectivity index (χ2v) is 4.82. The Balaban J connectivity index is 1.95. The molecule has 14 heavy (non-hydrogen) atoms. The minimum absolute atomic E-state index is 0.384. The highest BCUT2D eigenvalue weighted by Crippen LogP contribution is 2.35. The van der Waals surface area contributed by atoms with Gasteiger partial charge in [-0.3, -0.25) is 4.79 Å². The predicted octanol–water partition coefficient (Wildman–Crippen LogP) is 2.41. The van der Waals surface area contributed by atoms with E-state index in [0.29, 0.717) is 17.9 Å². The van der Waals surface area contributed by atoms with Crippen molar-refractivity contribution in [3.8, 4) is 0 Å². The van der Waals surface area contributed by atoms with Crippen LogP contribution < -0.4 is 0 Å². The zero-order chi connectivity index (χ0) is 9.97. The van der Waals surface area contributed by atoms with Gasteiger partial charge in [0, 0.05) is 24.9 Å². The smallest absolute Gasteiger partial charge is 0.223 e. The molecule has 2 atom stereocenters. The van der Waals surface area contributed by atoms with Gasteiger partial charge in [-0.25, -0.2) is 0 Å². The summed E-state index contributed by atoms with van der Waals surface area (Å²) >= 11 is 5.69. The SMILES string of the molecule is O=C1CC(CCCCl)[C@H]2CCCCN12. The van der Waals surface area contributed by atoms with E-state index in [9.17, 15) is 4.79 Å². The van der Waals surface area contributed by atoms with Crippen molar-refractivity contribution in [2.24, 2.45) is 5.92 Å². The number of hydrogen-bond acceptors (Lipinski definition) is 1. The lowest BCUT2D eigenvalue weighted by molar-refractivity contribution is -0.129. The van der Waals surface area contributed by atoms with Crippen LogP contribution in [0.1, 0.15) is 38.5 Å². The Hall–Kier alpha value is -0.240. The minimum atomic E-state index is 0.384. The summed E-state index contributed by atoms with van der Waals surface area (Å²) < 4.78 is 0. The summed E-state index contributed by atoms with van der Waals surface area (Å²) in [4.78, 5) is 13.8. The number of halogens is 1. The highest BCUT2D eigenvalue weighted by molar-refractivity contribution is 6.17. The Morgan fingerprint density at radius 2 is 2.29 bits per heavy atom. The van der Waals surface area contributed by atoms with Crippen LogP contribution in [-0.2, 0) is 4.79 Å². The van der Waals surface area contributed by atoms with Gasteiger partial charge < -0.3 is 4.90 Å². The van der Waals surface area contributed by atoms with Gasteiger partial charge in [-0.05, 0) is 38.0 Å². The molecule has 2 aliphatic heterocycles. The fraction of sp³-hybridized carbons (Fsp3) is 0.909. The number of carbonyl (C=O) groups is 1. The number of amides is 1. The molecular formula is C11H18ClNO. The second-order valence-electron chi connectivity index (χ2n) is 4.45.